The average molecular weight is 730 g/mol. The molecule has 11 rings (SSSR count). The van der Waals surface area contributed by atoms with Crippen molar-refractivity contribution in [3.63, 3.8) is 0 Å². The zero-order valence-electron chi connectivity index (χ0n) is 31.9. The highest BCUT2D eigenvalue weighted by Gasteiger charge is 2.36. The molecule has 1 aliphatic rings. The summed E-state index contributed by atoms with van der Waals surface area (Å²) in [6.07, 6.45) is 0. The number of fused-ring (bicyclic) bond motifs is 7. The van der Waals surface area contributed by atoms with Gasteiger partial charge in [-0.15, -0.1) is 0 Å². The molecule has 1 aliphatic carbocycles. The van der Waals surface area contributed by atoms with Gasteiger partial charge in [0.2, 0.25) is 0 Å². The summed E-state index contributed by atoms with van der Waals surface area (Å²) in [7, 11) is 0. The van der Waals surface area contributed by atoms with E-state index in [2.05, 4.69) is 219 Å². The van der Waals surface area contributed by atoms with Crippen molar-refractivity contribution in [3.8, 4) is 44.5 Å². The second-order valence-corrected chi connectivity index (χ2v) is 15.7. The van der Waals surface area contributed by atoms with Crippen LogP contribution in [0.2, 0.25) is 0 Å². The predicted molar refractivity (Wildman–Crippen MR) is 240 cm³/mol. The van der Waals surface area contributed by atoms with Crippen molar-refractivity contribution < 1.29 is 4.42 Å². The molecule has 2 heteroatoms. The minimum atomic E-state index is -0.136. The van der Waals surface area contributed by atoms with E-state index in [0.29, 0.717) is 0 Å². The molecular weight excluding hydrogens is 691 g/mol. The fourth-order valence-electron chi connectivity index (χ4n) is 9.23. The van der Waals surface area contributed by atoms with Gasteiger partial charge >= 0.3 is 0 Å². The van der Waals surface area contributed by atoms with Crippen LogP contribution in [0.15, 0.2) is 205 Å². The molecule has 0 saturated carbocycles. The lowest BCUT2D eigenvalue weighted by atomic mass is 9.82. The Labute approximate surface area is 332 Å². The molecule has 1 heterocycles. The monoisotopic (exact) mass is 729 g/mol. The molecule has 0 radical (unpaired) electrons. The standard InChI is InChI=1S/C55H39NO/c1-55(2)48-21-12-11-20-45(48)46-33-32-43(35-49(46)55)56(42-30-28-39(29-31-42)37-16-7-4-8-17-37)50-22-13-23-51-53(50)47-34-41-18-9-10-19-44(41)52(54(47)57-51)40-26-24-38(25-27-40)36-14-5-3-6-15-36/h3-35H,1-2H3. The highest BCUT2D eigenvalue weighted by Crippen LogP contribution is 2.52. The number of hydrogen-bond donors (Lipinski definition) is 0. The highest BCUT2D eigenvalue weighted by atomic mass is 16.3. The molecule has 0 saturated heterocycles. The SMILES string of the molecule is CC1(C)c2ccccc2-c2ccc(N(c3ccc(-c4ccccc4)cc3)c3cccc4oc5c(-c6ccc(-c7ccccc7)cc6)c6ccccc6cc5c34)cc21. The van der Waals surface area contributed by atoms with Gasteiger partial charge in [-0.05, 0) is 103 Å². The van der Waals surface area contributed by atoms with Crippen LogP contribution in [0.3, 0.4) is 0 Å². The summed E-state index contributed by atoms with van der Waals surface area (Å²) in [5.41, 5.74) is 17.3. The third-order valence-electron chi connectivity index (χ3n) is 12.1. The summed E-state index contributed by atoms with van der Waals surface area (Å²) < 4.78 is 7.02. The first kappa shape index (κ1) is 33.2. The summed E-state index contributed by atoms with van der Waals surface area (Å²) >= 11 is 0. The van der Waals surface area contributed by atoms with Gasteiger partial charge in [-0.1, -0.05) is 172 Å². The van der Waals surface area contributed by atoms with Crippen molar-refractivity contribution in [2.45, 2.75) is 19.3 Å². The van der Waals surface area contributed by atoms with E-state index in [0.717, 1.165) is 50.1 Å². The van der Waals surface area contributed by atoms with E-state index in [1.807, 2.05) is 0 Å². The Morgan fingerprint density at radius 1 is 0.421 bits per heavy atom. The highest BCUT2D eigenvalue weighted by molar-refractivity contribution is 6.22. The van der Waals surface area contributed by atoms with E-state index in [-0.39, 0.29) is 5.41 Å². The Bertz CT molecular complexity index is 3120. The Morgan fingerprint density at radius 2 is 1.00 bits per heavy atom. The van der Waals surface area contributed by atoms with Gasteiger partial charge in [0.05, 0.1) is 11.1 Å². The first-order chi connectivity index (χ1) is 28.0. The lowest BCUT2D eigenvalue weighted by molar-refractivity contribution is 0.660. The topological polar surface area (TPSA) is 16.4 Å². The van der Waals surface area contributed by atoms with Gasteiger partial charge in [0.25, 0.3) is 0 Å². The molecule has 0 N–H and O–H groups in total. The van der Waals surface area contributed by atoms with Gasteiger partial charge in [-0.2, -0.15) is 0 Å². The molecule has 0 bridgehead atoms. The zero-order chi connectivity index (χ0) is 38.1. The molecule has 10 aromatic rings. The predicted octanol–water partition coefficient (Wildman–Crippen LogP) is 15.5. The minimum Gasteiger partial charge on any atom is -0.455 e. The lowest BCUT2D eigenvalue weighted by Crippen LogP contribution is -2.16. The van der Waals surface area contributed by atoms with Crippen molar-refractivity contribution in [2.75, 3.05) is 4.90 Å². The average Bonchev–Trinajstić information content (AvgIpc) is 3.75. The molecular formula is C55H39NO. The van der Waals surface area contributed by atoms with Gasteiger partial charge in [0.15, 0.2) is 0 Å². The van der Waals surface area contributed by atoms with Gasteiger partial charge in [0, 0.05) is 27.7 Å². The van der Waals surface area contributed by atoms with E-state index >= 15 is 0 Å². The molecule has 1 aromatic heterocycles. The molecule has 0 aliphatic heterocycles. The van der Waals surface area contributed by atoms with Crippen LogP contribution in [0, 0.1) is 0 Å². The van der Waals surface area contributed by atoms with E-state index in [1.54, 1.807) is 0 Å². The van der Waals surface area contributed by atoms with Crippen molar-refractivity contribution in [1.29, 1.82) is 0 Å². The molecule has 9 aromatic carbocycles. The first-order valence-electron chi connectivity index (χ1n) is 19.8. The summed E-state index contributed by atoms with van der Waals surface area (Å²) in [6.45, 7) is 4.70. The summed E-state index contributed by atoms with van der Waals surface area (Å²) in [5, 5.41) is 4.55. The quantitative estimate of drug-likeness (QED) is 0.169. The summed E-state index contributed by atoms with van der Waals surface area (Å²) in [5.74, 6) is 0. The Balaban J connectivity index is 1.14. The Morgan fingerprint density at radius 3 is 1.74 bits per heavy atom. The number of hydrogen-bond acceptors (Lipinski definition) is 2. The maximum Gasteiger partial charge on any atom is 0.143 e. The van der Waals surface area contributed by atoms with Gasteiger partial charge in [-0.3, -0.25) is 0 Å². The van der Waals surface area contributed by atoms with Crippen LogP contribution in [0.1, 0.15) is 25.0 Å². The fraction of sp³-hybridized carbons (Fsp3) is 0.0545. The summed E-state index contributed by atoms with van der Waals surface area (Å²) in [6, 6.07) is 72.5. The zero-order valence-corrected chi connectivity index (χ0v) is 31.9. The van der Waals surface area contributed by atoms with Crippen LogP contribution in [0.25, 0.3) is 77.2 Å². The second-order valence-electron chi connectivity index (χ2n) is 15.7. The normalized spacial score (nSPS) is 12.9. The largest absolute Gasteiger partial charge is 0.455 e. The molecule has 0 atom stereocenters. The van der Waals surface area contributed by atoms with Crippen LogP contribution >= 0.6 is 0 Å². The maximum absolute atomic E-state index is 7.02. The van der Waals surface area contributed by atoms with Gasteiger partial charge in [-0.25, -0.2) is 0 Å². The number of benzene rings is 9. The molecule has 0 fully saturated rings. The Kier molecular flexibility index (Phi) is 7.55. The second kappa shape index (κ2) is 13.0. The van der Waals surface area contributed by atoms with Crippen LogP contribution < -0.4 is 4.90 Å². The first-order valence-corrected chi connectivity index (χ1v) is 19.8. The maximum atomic E-state index is 7.02. The van der Waals surface area contributed by atoms with Crippen molar-refractivity contribution >= 4 is 49.8 Å². The number of anilines is 3. The number of nitrogens with zero attached hydrogens (tertiary/aromatic N) is 1. The van der Waals surface area contributed by atoms with Crippen LogP contribution in [-0.4, -0.2) is 0 Å². The van der Waals surface area contributed by atoms with Crippen LogP contribution in [0.4, 0.5) is 17.1 Å². The molecule has 2 nitrogen and oxygen atoms in total. The van der Waals surface area contributed by atoms with Crippen molar-refractivity contribution in [1.82, 2.24) is 0 Å². The molecule has 0 unspecified atom stereocenters. The minimum absolute atomic E-state index is 0.136. The smallest absolute Gasteiger partial charge is 0.143 e. The van der Waals surface area contributed by atoms with Gasteiger partial charge < -0.3 is 9.32 Å². The molecule has 0 amide bonds. The van der Waals surface area contributed by atoms with Crippen LogP contribution in [0.5, 0.6) is 0 Å². The van der Waals surface area contributed by atoms with E-state index in [4.69, 9.17) is 4.42 Å². The van der Waals surface area contributed by atoms with Crippen molar-refractivity contribution in [2.24, 2.45) is 0 Å². The third kappa shape index (κ3) is 5.33. The third-order valence-corrected chi connectivity index (χ3v) is 12.1. The van der Waals surface area contributed by atoms with E-state index < -0.39 is 0 Å². The molecule has 0 spiro atoms. The number of furan rings is 1. The lowest BCUT2D eigenvalue weighted by Gasteiger charge is -2.29. The van der Waals surface area contributed by atoms with E-state index in [9.17, 15) is 0 Å². The van der Waals surface area contributed by atoms with Crippen LogP contribution in [-0.2, 0) is 5.41 Å². The summed E-state index contributed by atoms with van der Waals surface area (Å²) in [4.78, 5) is 2.43. The molecule has 270 valence electrons. The fourth-order valence-corrected chi connectivity index (χ4v) is 9.23. The number of rotatable bonds is 6. The Hall–Kier alpha value is -7.16. The van der Waals surface area contributed by atoms with Gasteiger partial charge in [0.1, 0.15) is 11.2 Å². The molecule has 57 heavy (non-hydrogen) atoms. The van der Waals surface area contributed by atoms with E-state index in [1.165, 1.54) is 55.3 Å². The van der Waals surface area contributed by atoms with Crippen molar-refractivity contribution in [3.05, 3.63) is 211 Å².